The molecule has 3 heteroatoms. The molecule has 11 heavy (non-hydrogen) atoms. The van der Waals surface area contributed by atoms with Crippen LogP contribution in [0.1, 0.15) is 13.3 Å². The fraction of sp³-hybridized carbons (Fsp3) is 0.625. The van der Waals surface area contributed by atoms with E-state index < -0.39 is 0 Å². The van der Waals surface area contributed by atoms with Crippen LogP contribution in [0.2, 0.25) is 0 Å². The van der Waals surface area contributed by atoms with Crippen molar-refractivity contribution < 1.29 is 0 Å². The number of hydrogen-bond acceptors (Lipinski definition) is 2. The molecule has 0 saturated carbocycles. The fourth-order valence-corrected chi connectivity index (χ4v) is 1.49. The third kappa shape index (κ3) is 5.98. The molecule has 1 N–H and O–H groups in total. The molecule has 0 radical (unpaired) electrons. The minimum absolute atomic E-state index is 0.992. The van der Waals surface area contributed by atoms with Crippen LogP contribution < -0.4 is 5.32 Å². The van der Waals surface area contributed by atoms with Gasteiger partial charge in [-0.25, -0.2) is 0 Å². The van der Waals surface area contributed by atoms with Crippen molar-refractivity contribution in [3.8, 4) is 0 Å². The van der Waals surface area contributed by atoms with Crippen LogP contribution >= 0.6 is 11.8 Å². The van der Waals surface area contributed by atoms with Crippen LogP contribution in [0.4, 0.5) is 0 Å². The Kier molecular flexibility index (Phi) is 6.03. The smallest absolute Gasteiger partial charge is 0.156 e. The lowest BCUT2D eigenvalue weighted by molar-refractivity contribution is 1.12. The second kappa shape index (κ2) is 6.28. The largest absolute Gasteiger partial charge is 0.368 e. The number of allylic oxidation sites excluding steroid dienone is 1. The van der Waals surface area contributed by atoms with Crippen LogP contribution in [0, 0.1) is 0 Å². The summed E-state index contributed by atoms with van der Waals surface area (Å²) in [6, 6.07) is 0. The molecule has 0 aromatic carbocycles. The first kappa shape index (κ1) is 10.6. The van der Waals surface area contributed by atoms with E-state index in [-0.39, 0.29) is 0 Å². The van der Waals surface area contributed by atoms with Crippen molar-refractivity contribution in [2.75, 3.05) is 19.8 Å². The van der Waals surface area contributed by atoms with Gasteiger partial charge in [-0.2, -0.15) is 0 Å². The minimum atomic E-state index is 0.992. The fourth-order valence-electron chi connectivity index (χ4n) is 0.570. The summed E-state index contributed by atoms with van der Waals surface area (Å²) in [4.78, 5) is 4.04. The molecule has 0 aliphatic carbocycles. The molecule has 64 valence electrons. The second-order valence-corrected chi connectivity index (χ2v) is 3.42. The average molecular weight is 172 g/mol. The van der Waals surface area contributed by atoms with Gasteiger partial charge >= 0.3 is 0 Å². The number of nitrogens with zero attached hydrogens (tertiary/aromatic N) is 1. The van der Waals surface area contributed by atoms with Gasteiger partial charge in [-0.05, 0) is 13.3 Å². The van der Waals surface area contributed by atoms with E-state index in [0.29, 0.717) is 0 Å². The van der Waals surface area contributed by atoms with Crippen LogP contribution in [0.3, 0.4) is 0 Å². The van der Waals surface area contributed by atoms with Gasteiger partial charge in [-0.3, -0.25) is 4.99 Å². The lowest BCUT2D eigenvalue weighted by Gasteiger charge is -2.02. The van der Waals surface area contributed by atoms with Gasteiger partial charge in [-0.1, -0.05) is 17.3 Å². The van der Waals surface area contributed by atoms with Crippen LogP contribution in [-0.2, 0) is 0 Å². The molecule has 0 saturated heterocycles. The second-order valence-electron chi connectivity index (χ2n) is 2.33. The zero-order chi connectivity index (χ0) is 8.69. The SMILES string of the molecule is C=C(C)CCSC(=NC)NC. The Labute approximate surface area is 73.2 Å². The highest BCUT2D eigenvalue weighted by atomic mass is 32.2. The average Bonchev–Trinajstić information content (AvgIpc) is 1.98. The molecule has 0 amide bonds. The monoisotopic (exact) mass is 172 g/mol. The van der Waals surface area contributed by atoms with Gasteiger partial charge in [0.25, 0.3) is 0 Å². The van der Waals surface area contributed by atoms with Crippen molar-refractivity contribution >= 4 is 16.9 Å². The number of thioether (sulfide) groups is 1. The van der Waals surface area contributed by atoms with Crippen LogP contribution in [0.15, 0.2) is 17.1 Å². The molecule has 0 unspecified atom stereocenters. The number of aliphatic imine (C=N–C) groups is 1. The lowest BCUT2D eigenvalue weighted by Crippen LogP contribution is -2.14. The van der Waals surface area contributed by atoms with Crippen LogP contribution in [-0.4, -0.2) is 25.0 Å². The van der Waals surface area contributed by atoms with Crippen molar-refractivity contribution in [2.24, 2.45) is 4.99 Å². The summed E-state index contributed by atoms with van der Waals surface area (Å²) in [7, 11) is 3.68. The van der Waals surface area contributed by atoms with Gasteiger partial charge in [0.2, 0.25) is 0 Å². The van der Waals surface area contributed by atoms with E-state index in [1.165, 1.54) is 5.57 Å². The van der Waals surface area contributed by atoms with E-state index in [9.17, 15) is 0 Å². The molecule has 0 spiro atoms. The Hall–Kier alpha value is -0.440. The Morgan fingerprint density at radius 2 is 2.27 bits per heavy atom. The molecule has 0 bridgehead atoms. The molecule has 0 rings (SSSR count). The minimum Gasteiger partial charge on any atom is -0.368 e. The highest BCUT2D eigenvalue weighted by Gasteiger charge is 1.94. The topological polar surface area (TPSA) is 24.4 Å². The van der Waals surface area contributed by atoms with E-state index in [1.54, 1.807) is 18.8 Å². The van der Waals surface area contributed by atoms with Crippen LogP contribution in [0.5, 0.6) is 0 Å². The Morgan fingerprint density at radius 3 is 2.64 bits per heavy atom. The maximum absolute atomic E-state index is 4.04. The molecule has 2 nitrogen and oxygen atoms in total. The quantitative estimate of drug-likeness (QED) is 0.399. The maximum atomic E-state index is 4.04. The van der Waals surface area contributed by atoms with E-state index in [2.05, 4.69) is 16.9 Å². The number of nitrogens with one attached hydrogen (secondary N) is 1. The van der Waals surface area contributed by atoms with Crippen molar-refractivity contribution in [1.29, 1.82) is 0 Å². The van der Waals surface area contributed by atoms with E-state index in [0.717, 1.165) is 17.3 Å². The zero-order valence-electron chi connectivity index (χ0n) is 7.48. The predicted molar refractivity (Wildman–Crippen MR) is 54.3 cm³/mol. The van der Waals surface area contributed by atoms with E-state index in [4.69, 9.17) is 0 Å². The third-order valence-corrected chi connectivity index (χ3v) is 2.25. The summed E-state index contributed by atoms with van der Waals surface area (Å²) >= 11 is 1.73. The maximum Gasteiger partial charge on any atom is 0.156 e. The molecular formula is C8H16N2S. The summed E-state index contributed by atoms with van der Waals surface area (Å²) < 4.78 is 0. The van der Waals surface area contributed by atoms with Crippen molar-refractivity contribution in [2.45, 2.75) is 13.3 Å². The number of amidine groups is 1. The summed E-state index contributed by atoms with van der Waals surface area (Å²) in [6.45, 7) is 5.87. The van der Waals surface area contributed by atoms with E-state index >= 15 is 0 Å². The molecule has 0 aliphatic heterocycles. The first-order chi connectivity index (χ1) is 5.20. The summed E-state index contributed by atoms with van der Waals surface area (Å²) in [5, 5.41) is 4.00. The van der Waals surface area contributed by atoms with Gasteiger partial charge < -0.3 is 5.32 Å². The third-order valence-electron chi connectivity index (χ3n) is 1.18. The van der Waals surface area contributed by atoms with Gasteiger partial charge in [0.1, 0.15) is 0 Å². The zero-order valence-corrected chi connectivity index (χ0v) is 8.29. The summed E-state index contributed by atoms with van der Waals surface area (Å²) in [6.07, 6.45) is 1.06. The predicted octanol–water partition coefficient (Wildman–Crippen LogP) is 1.89. The van der Waals surface area contributed by atoms with Gasteiger partial charge in [-0.15, -0.1) is 6.58 Å². The lowest BCUT2D eigenvalue weighted by atomic mass is 10.3. The molecule has 0 aromatic heterocycles. The summed E-state index contributed by atoms with van der Waals surface area (Å²) in [5.74, 6) is 1.06. The van der Waals surface area contributed by atoms with Crippen molar-refractivity contribution in [1.82, 2.24) is 5.32 Å². The Morgan fingerprint density at radius 1 is 1.64 bits per heavy atom. The Bertz CT molecular complexity index is 152. The molecule has 0 atom stereocenters. The highest BCUT2D eigenvalue weighted by Crippen LogP contribution is 2.07. The highest BCUT2D eigenvalue weighted by molar-refractivity contribution is 8.13. The molecule has 0 aromatic rings. The number of rotatable bonds is 3. The van der Waals surface area contributed by atoms with Crippen molar-refractivity contribution in [3.63, 3.8) is 0 Å². The normalized spacial score (nSPS) is 11.4. The standard InChI is InChI=1S/C8H16N2S/c1-7(2)5-6-11-8(9-3)10-4/h1,5-6H2,2-4H3,(H,9,10). The Balaban J connectivity index is 3.45. The summed E-state index contributed by atoms with van der Waals surface area (Å²) in [5.41, 5.74) is 1.23. The first-order valence-corrected chi connectivity index (χ1v) is 4.61. The van der Waals surface area contributed by atoms with Crippen LogP contribution in [0.25, 0.3) is 0 Å². The van der Waals surface area contributed by atoms with Gasteiger partial charge in [0, 0.05) is 19.8 Å². The molecule has 0 heterocycles. The number of hydrogen-bond donors (Lipinski definition) is 1. The molecular weight excluding hydrogens is 156 g/mol. The molecule has 0 fully saturated rings. The first-order valence-electron chi connectivity index (χ1n) is 3.62. The van der Waals surface area contributed by atoms with E-state index in [1.807, 2.05) is 14.0 Å². The van der Waals surface area contributed by atoms with Gasteiger partial charge in [0.05, 0.1) is 0 Å². The van der Waals surface area contributed by atoms with Gasteiger partial charge in [0.15, 0.2) is 5.17 Å². The van der Waals surface area contributed by atoms with Crippen molar-refractivity contribution in [3.05, 3.63) is 12.2 Å². The molecule has 0 aliphatic rings.